The molecule has 0 unspecified atom stereocenters. The average Bonchev–Trinajstić information content (AvgIpc) is 3.42. The summed E-state index contributed by atoms with van der Waals surface area (Å²) in [5, 5.41) is 0. The van der Waals surface area contributed by atoms with Crippen LogP contribution in [0.15, 0.2) is 67.3 Å². The van der Waals surface area contributed by atoms with Crippen molar-refractivity contribution in [2.75, 3.05) is 26.2 Å². The monoisotopic (exact) mass is 362 g/mol. The van der Waals surface area contributed by atoms with E-state index in [1.54, 1.807) is 0 Å². The molecule has 0 aliphatic carbocycles. The second kappa shape index (κ2) is 7.53. The molecule has 0 spiro atoms. The highest BCUT2D eigenvalue weighted by atomic mass is 16.2. The van der Waals surface area contributed by atoms with Gasteiger partial charge in [0.05, 0.1) is 6.42 Å². The molecule has 1 N–H and O–H groups in total. The van der Waals surface area contributed by atoms with Crippen LogP contribution in [0.2, 0.25) is 0 Å². The lowest BCUT2D eigenvalue weighted by Crippen LogP contribution is -2.51. The zero-order valence-corrected chi connectivity index (χ0v) is 15.0. The molecule has 138 valence electrons. The van der Waals surface area contributed by atoms with E-state index >= 15 is 0 Å². The minimum atomic E-state index is 0.0202. The molecule has 27 heavy (non-hydrogen) atoms. The van der Waals surface area contributed by atoms with Crippen LogP contribution in [-0.4, -0.2) is 57.3 Å². The van der Waals surface area contributed by atoms with Gasteiger partial charge in [0.25, 0.3) is 5.91 Å². The van der Waals surface area contributed by atoms with Crippen molar-refractivity contribution >= 4 is 11.8 Å². The van der Waals surface area contributed by atoms with Crippen molar-refractivity contribution in [1.82, 2.24) is 19.4 Å². The Morgan fingerprint density at radius 1 is 0.889 bits per heavy atom. The molecule has 6 nitrogen and oxygen atoms in total. The Morgan fingerprint density at radius 3 is 2.19 bits per heavy atom. The topological polar surface area (TPSA) is 61.3 Å². The van der Waals surface area contributed by atoms with Gasteiger partial charge in [-0.1, -0.05) is 0 Å². The smallest absolute Gasteiger partial charge is 0.253 e. The largest absolute Gasteiger partial charge is 0.367 e. The number of amides is 2. The third-order valence-corrected chi connectivity index (χ3v) is 4.95. The standard InChI is InChI=1S/C21H22N4O2/c26-20(15-17-7-8-22-16-17)24-11-13-25(14-12-24)21(27)18-3-5-19(6-4-18)23-9-1-2-10-23/h1-10,16,22H,11-15H2. The number of hydrogen-bond donors (Lipinski definition) is 1. The van der Waals surface area contributed by atoms with Crippen molar-refractivity contribution in [1.29, 1.82) is 0 Å². The molecule has 1 saturated heterocycles. The van der Waals surface area contributed by atoms with E-state index in [0.29, 0.717) is 38.2 Å². The zero-order chi connectivity index (χ0) is 18.6. The van der Waals surface area contributed by atoms with Crippen molar-refractivity contribution < 1.29 is 9.59 Å². The summed E-state index contributed by atoms with van der Waals surface area (Å²) in [6.45, 7) is 2.29. The second-order valence-electron chi connectivity index (χ2n) is 6.71. The van der Waals surface area contributed by atoms with Crippen LogP contribution in [0.5, 0.6) is 0 Å². The molecular formula is C21H22N4O2. The highest BCUT2D eigenvalue weighted by Gasteiger charge is 2.24. The molecule has 1 aromatic carbocycles. The van der Waals surface area contributed by atoms with Gasteiger partial charge in [0, 0.05) is 62.2 Å². The number of aromatic nitrogens is 2. The SMILES string of the molecule is O=C(Cc1cc[nH]c1)N1CCN(C(=O)c2ccc(-n3cccc3)cc2)CC1. The lowest BCUT2D eigenvalue weighted by molar-refractivity contribution is -0.131. The number of nitrogens with one attached hydrogen (secondary N) is 1. The Balaban J connectivity index is 1.33. The summed E-state index contributed by atoms with van der Waals surface area (Å²) in [4.78, 5) is 31.7. The predicted molar refractivity (Wildman–Crippen MR) is 103 cm³/mol. The summed E-state index contributed by atoms with van der Waals surface area (Å²) in [5.41, 5.74) is 2.69. The van der Waals surface area contributed by atoms with Crippen molar-refractivity contribution in [3.8, 4) is 5.69 Å². The van der Waals surface area contributed by atoms with E-state index in [1.165, 1.54) is 0 Å². The summed E-state index contributed by atoms with van der Waals surface area (Å²) in [5.74, 6) is 0.129. The maximum absolute atomic E-state index is 12.7. The molecule has 0 saturated carbocycles. The maximum atomic E-state index is 12.7. The van der Waals surface area contributed by atoms with Crippen LogP contribution in [0.1, 0.15) is 15.9 Å². The minimum Gasteiger partial charge on any atom is -0.367 e. The second-order valence-corrected chi connectivity index (χ2v) is 6.71. The first-order chi connectivity index (χ1) is 13.2. The molecule has 1 aliphatic heterocycles. The van der Waals surface area contributed by atoms with Crippen molar-refractivity contribution in [3.63, 3.8) is 0 Å². The molecule has 1 fully saturated rings. The Labute approximate surface area is 158 Å². The minimum absolute atomic E-state index is 0.0202. The molecule has 3 aromatic rings. The number of piperazine rings is 1. The fourth-order valence-electron chi connectivity index (χ4n) is 3.38. The third kappa shape index (κ3) is 3.79. The number of rotatable bonds is 4. The fourth-order valence-corrected chi connectivity index (χ4v) is 3.38. The van der Waals surface area contributed by atoms with Gasteiger partial charge in [-0.2, -0.15) is 0 Å². The average molecular weight is 362 g/mol. The van der Waals surface area contributed by atoms with Gasteiger partial charge in [0.2, 0.25) is 5.91 Å². The van der Waals surface area contributed by atoms with Crippen LogP contribution < -0.4 is 0 Å². The summed E-state index contributed by atoms with van der Waals surface area (Å²) in [6.07, 6.45) is 8.01. The van der Waals surface area contributed by atoms with E-state index < -0.39 is 0 Å². The molecule has 0 bridgehead atoms. The van der Waals surface area contributed by atoms with Gasteiger partial charge in [-0.05, 0) is 48.0 Å². The van der Waals surface area contributed by atoms with Crippen LogP contribution in [0.25, 0.3) is 5.69 Å². The highest BCUT2D eigenvalue weighted by Crippen LogP contribution is 2.14. The first-order valence-electron chi connectivity index (χ1n) is 9.13. The Morgan fingerprint density at radius 2 is 1.56 bits per heavy atom. The van der Waals surface area contributed by atoms with E-state index in [1.807, 2.05) is 81.6 Å². The van der Waals surface area contributed by atoms with E-state index in [2.05, 4.69) is 4.98 Å². The van der Waals surface area contributed by atoms with E-state index in [-0.39, 0.29) is 11.8 Å². The first-order valence-corrected chi connectivity index (χ1v) is 9.13. The van der Waals surface area contributed by atoms with Crippen molar-refractivity contribution in [2.24, 2.45) is 0 Å². The lowest BCUT2D eigenvalue weighted by Gasteiger charge is -2.35. The van der Waals surface area contributed by atoms with Gasteiger partial charge in [0.1, 0.15) is 0 Å². The normalized spacial score (nSPS) is 14.4. The predicted octanol–water partition coefficient (Wildman–Crippen LogP) is 2.33. The van der Waals surface area contributed by atoms with Gasteiger partial charge in [0.15, 0.2) is 0 Å². The summed E-state index contributed by atoms with van der Waals surface area (Å²) in [7, 11) is 0. The summed E-state index contributed by atoms with van der Waals surface area (Å²) >= 11 is 0. The number of carbonyl (C=O) groups is 2. The Kier molecular flexibility index (Phi) is 4.78. The Bertz CT molecular complexity index is 890. The molecule has 1 aliphatic rings. The molecule has 0 radical (unpaired) electrons. The van der Waals surface area contributed by atoms with Gasteiger partial charge in [-0.3, -0.25) is 9.59 Å². The highest BCUT2D eigenvalue weighted by molar-refractivity contribution is 5.94. The van der Waals surface area contributed by atoms with Gasteiger partial charge in [-0.25, -0.2) is 0 Å². The van der Waals surface area contributed by atoms with Gasteiger partial charge in [-0.15, -0.1) is 0 Å². The Hall–Kier alpha value is -3.28. The van der Waals surface area contributed by atoms with E-state index in [9.17, 15) is 9.59 Å². The maximum Gasteiger partial charge on any atom is 0.253 e. The van der Waals surface area contributed by atoms with Crippen molar-refractivity contribution in [3.05, 3.63) is 78.4 Å². The first kappa shape index (κ1) is 17.1. The molecule has 0 atom stereocenters. The summed E-state index contributed by atoms with van der Waals surface area (Å²) < 4.78 is 2.00. The number of hydrogen-bond acceptors (Lipinski definition) is 2. The molecule has 4 rings (SSSR count). The molecule has 2 aromatic heterocycles. The zero-order valence-electron chi connectivity index (χ0n) is 15.0. The van der Waals surface area contributed by atoms with Crippen LogP contribution in [0, 0.1) is 0 Å². The molecule has 2 amide bonds. The third-order valence-electron chi connectivity index (χ3n) is 4.95. The number of benzene rings is 1. The summed E-state index contributed by atoms with van der Waals surface area (Å²) in [6, 6.07) is 13.5. The molecule has 3 heterocycles. The fraction of sp³-hybridized carbons (Fsp3) is 0.238. The molecule has 6 heteroatoms. The van der Waals surface area contributed by atoms with Gasteiger partial charge < -0.3 is 19.4 Å². The van der Waals surface area contributed by atoms with Gasteiger partial charge >= 0.3 is 0 Å². The van der Waals surface area contributed by atoms with Crippen LogP contribution in [0.3, 0.4) is 0 Å². The number of H-pyrrole nitrogens is 1. The van der Waals surface area contributed by atoms with Crippen molar-refractivity contribution in [2.45, 2.75) is 6.42 Å². The quantitative estimate of drug-likeness (QED) is 0.774. The van der Waals surface area contributed by atoms with Crippen LogP contribution in [0.4, 0.5) is 0 Å². The lowest BCUT2D eigenvalue weighted by atomic mass is 10.1. The van der Waals surface area contributed by atoms with E-state index in [0.717, 1.165) is 11.3 Å². The number of carbonyl (C=O) groups excluding carboxylic acids is 2. The van der Waals surface area contributed by atoms with Crippen LogP contribution >= 0.6 is 0 Å². The molecular weight excluding hydrogens is 340 g/mol. The van der Waals surface area contributed by atoms with Crippen LogP contribution in [-0.2, 0) is 11.2 Å². The number of aromatic amines is 1. The van der Waals surface area contributed by atoms with E-state index in [4.69, 9.17) is 0 Å². The number of nitrogens with zero attached hydrogens (tertiary/aromatic N) is 3.